The standard InChI is InChI=1S/C17H19ClN2O3S/c1-11-5-6-13(9-12(11)2)19-17(21)15-10-14(7-8-16(15)18)20(3)24(4,22)23/h5-10H,1-4H3,(H,19,21). The van der Waals surface area contributed by atoms with E-state index in [4.69, 9.17) is 11.6 Å². The van der Waals surface area contributed by atoms with Crippen LogP contribution in [0, 0.1) is 13.8 Å². The molecule has 2 rings (SSSR count). The minimum Gasteiger partial charge on any atom is -0.322 e. The van der Waals surface area contributed by atoms with Gasteiger partial charge in [-0.15, -0.1) is 0 Å². The Morgan fingerprint density at radius 1 is 1.08 bits per heavy atom. The molecule has 0 radical (unpaired) electrons. The smallest absolute Gasteiger partial charge is 0.257 e. The van der Waals surface area contributed by atoms with Crippen LogP contribution in [0.1, 0.15) is 21.5 Å². The van der Waals surface area contributed by atoms with Crippen LogP contribution >= 0.6 is 11.6 Å². The number of anilines is 2. The van der Waals surface area contributed by atoms with Crippen LogP contribution in [0.5, 0.6) is 0 Å². The Morgan fingerprint density at radius 3 is 2.33 bits per heavy atom. The molecule has 24 heavy (non-hydrogen) atoms. The minimum atomic E-state index is -3.42. The average molecular weight is 367 g/mol. The molecule has 0 unspecified atom stereocenters. The number of amides is 1. The molecule has 0 saturated heterocycles. The van der Waals surface area contributed by atoms with Gasteiger partial charge in [0, 0.05) is 12.7 Å². The van der Waals surface area contributed by atoms with Gasteiger partial charge in [-0.2, -0.15) is 0 Å². The highest BCUT2D eigenvalue weighted by Gasteiger charge is 2.17. The molecule has 7 heteroatoms. The van der Waals surface area contributed by atoms with Crippen molar-refractivity contribution in [1.29, 1.82) is 0 Å². The fraction of sp³-hybridized carbons (Fsp3) is 0.235. The van der Waals surface area contributed by atoms with Crippen LogP contribution in [0.2, 0.25) is 5.02 Å². The Hall–Kier alpha value is -2.05. The lowest BCUT2D eigenvalue weighted by Gasteiger charge is -2.18. The molecule has 128 valence electrons. The molecule has 0 spiro atoms. The van der Waals surface area contributed by atoms with E-state index in [-0.39, 0.29) is 10.6 Å². The first-order valence-corrected chi connectivity index (χ1v) is 9.44. The van der Waals surface area contributed by atoms with E-state index >= 15 is 0 Å². The zero-order valence-electron chi connectivity index (χ0n) is 13.9. The van der Waals surface area contributed by atoms with Crippen LogP contribution in [0.3, 0.4) is 0 Å². The molecule has 2 aromatic carbocycles. The molecule has 0 heterocycles. The summed E-state index contributed by atoms with van der Waals surface area (Å²) in [7, 11) is -2.00. The van der Waals surface area contributed by atoms with Gasteiger partial charge in [-0.25, -0.2) is 8.42 Å². The molecule has 0 aliphatic carbocycles. The summed E-state index contributed by atoms with van der Waals surface area (Å²) in [5.41, 5.74) is 3.42. The van der Waals surface area contributed by atoms with Crippen LogP contribution in [0.4, 0.5) is 11.4 Å². The van der Waals surface area contributed by atoms with Crippen molar-refractivity contribution in [2.24, 2.45) is 0 Å². The zero-order chi connectivity index (χ0) is 18.1. The summed E-state index contributed by atoms with van der Waals surface area (Å²) in [5, 5.41) is 3.03. The second kappa shape index (κ2) is 6.83. The molecule has 0 aliphatic heterocycles. The molecule has 2 aromatic rings. The number of benzene rings is 2. The van der Waals surface area contributed by atoms with Gasteiger partial charge in [-0.05, 0) is 55.3 Å². The lowest BCUT2D eigenvalue weighted by atomic mass is 10.1. The van der Waals surface area contributed by atoms with Gasteiger partial charge in [0.05, 0.1) is 22.5 Å². The Balaban J connectivity index is 2.33. The third-order valence-corrected chi connectivity index (χ3v) is 5.36. The van der Waals surface area contributed by atoms with Gasteiger partial charge in [0.1, 0.15) is 0 Å². The van der Waals surface area contributed by atoms with Crippen molar-refractivity contribution in [3.05, 3.63) is 58.1 Å². The van der Waals surface area contributed by atoms with E-state index in [1.54, 1.807) is 12.1 Å². The number of aryl methyl sites for hydroxylation is 2. The van der Waals surface area contributed by atoms with E-state index in [2.05, 4.69) is 5.32 Å². The molecule has 5 nitrogen and oxygen atoms in total. The van der Waals surface area contributed by atoms with Crippen molar-refractivity contribution in [3.8, 4) is 0 Å². The van der Waals surface area contributed by atoms with Crippen LogP contribution in [-0.4, -0.2) is 27.6 Å². The zero-order valence-corrected chi connectivity index (χ0v) is 15.5. The fourth-order valence-electron chi connectivity index (χ4n) is 2.09. The van der Waals surface area contributed by atoms with E-state index < -0.39 is 15.9 Å². The molecule has 0 atom stereocenters. The summed E-state index contributed by atoms with van der Waals surface area (Å²) >= 11 is 6.10. The first kappa shape index (κ1) is 18.3. The largest absolute Gasteiger partial charge is 0.322 e. The molecule has 0 aliphatic rings. The SMILES string of the molecule is Cc1ccc(NC(=O)c2cc(N(C)S(C)(=O)=O)ccc2Cl)cc1C. The summed E-state index contributed by atoms with van der Waals surface area (Å²) < 4.78 is 24.4. The summed E-state index contributed by atoms with van der Waals surface area (Å²) in [4.78, 5) is 12.5. The maximum absolute atomic E-state index is 12.5. The fourth-order valence-corrected chi connectivity index (χ4v) is 2.79. The normalized spacial score (nSPS) is 11.2. The third kappa shape index (κ3) is 4.07. The number of nitrogens with zero attached hydrogens (tertiary/aromatic N) is 1. The van der Waals surface area contributed by atoms with Crippen molar-refractivity contribution < 1.29 is 13.2 Å². The Kier molecular flexibility index (Phi) is 5.20. The minimum absolute atomic E-state index is 0.211. The highest BCUT2D eigenvalue weighted by atomic mass is 35.5. The Labute approximate surface area is 147 Å². The highest BCUT2D eigenvalue weighted by Crippen LogP contribution is 2.25. The van der Waals surface area contributed by atoms with Gasteiger partial charge in [0.15, 0.2) is 0 Å². The van der Waals surface area contributed by atoms with Gasteiger partial charge in [-0.3, -0.25) is 9.10 Å². The van der Waals surface area contributed by atoms with Gasteiger partial charge in [-0.1, -0.05) is 17.7 Å². The predicted octanol–water partition coefficient (Wildman–Crippen LogP) is 3.60. The van der Waals surface area contributed by atoms with Gasteiger partial charge >= 0.3 is 0 Å². The second-order valence-electron chi connectivity index (χ2n) is 5.65. The van der Waals surface area contributed by atoms with Gasteiger partial charge in [0.25, 0.3) is 5.91 Å². The van der Waals surface area contributed by atoms with E-state index in [9.17, 15) is 13.2 Å². The highest BCUT2D eigenvalue weighted by molar-refractivity contribution is 7.92. The van der Waals surface area contributed by atoms with Crippen molar-refractivity contribution in [2.45, 2.75) is 13.8 Å². The lowest BCUT2D eigenvalue weighted by Crippen LogP contribution is -2.25. The van der Waals surface area contributed by atoms with Gasteiger partial charge < -0.3 is 5.32 Å². The number of carbonyl (C=O) groups excluding carboxylic acids is 1. The number of hydrogen-bond donors (Lipinski definition) is 1. The number of hydrogen-bond acceptors (Lipinski definition) is 3. The van der Waals surface area contributed by atoms with Crippen LogP contribution in [-0.2, 0) is 10.0 Å². The number of rotatable bonds is 4. The third-order valence-electron chi connectivity index (χ3n) is 3.82. The monoisotopic (exact) mass is 366 g/mol. The molecule has 1 amide bonds. The van der Waals surface area contributed by atoms with E-state index in [0.717, 1.165) is 21.7 Å². The molecule has 0 bridgehead atoms. The molecule has 0 saturated carbocycles. The quantitative estimate of drug-likeness (QED) is 0.898. The predicted molar refractivity (Wildman–Crippen MR) is 98.6 cm³/mol. The summed E-state index contributed by atoms with van der Waals surface area (Å²) in [6.07, 6.45) is 1.09. The first-order valence-electron chi connectivity index (χ1n) is 7.21. The van der Waals surface area contributed by atoms with Gasteiger partial charge in [0.2, 0.25) is 10.0 Å². The number of carbonyl (C=O) groups is 1. The summed E-state index contributed by atoms with van der Waals surface area (Å²) in [6, 6.07) is 10.1. The average Bonchev–Trinajstić information content (AvgIpc) is 2.49. The van der Waals surface area contributed by atoms with Crippen molar-refractivity contribution >= 4 is 38.9 Å². The second-order valence-corrected chi connectivity index (χ2v) is 8.07. The van der Waals surface area contributed by atoms with E-state index in [1.807, 2.05) is 26.0 Å². The first-order chi connectivity index (χ1) is 11.1. The lowest BCUT2D eigenvalue weighted by molar-refractivity contribution is 0.102. The van der Waals surface area contributed by atoms with E-state index in [1.165, 1.54) is 19.2 Å². The Morgan fingerprint density at radius 2 is 1.75 bits per heavy atom. The number of nitrogens with one attached hydrogen (secondary N) is 1. The molecular formula is C17H19ClN2O3S. The summed E-state index contributed by atoms with van der Waals surface area (Å²) in [5.74, 6) is -0.396. The number of halogens is 1. The molecule has 0 aromatic heterocycles. The Bertz CT molecular complexity index is 895. The van der Waals surface area contributed by atoms with E-state index in [0.29, 0.717) is 11.4 Å². The summed E-state index contributed by atoms with van der Waals surface area (Å²) in [6.45, 7) is 3.95. The van der Waals surface area contributed by atoms with Crippen molar-refractivity contribution in [2.75, 3.05) is 22.9 Å². The molecular weight excluding hydrogens is 348 g/mol. The topological polar surface area (TPSA) is 66.5 Å². The van der Waals surface area contributed by atoms with Crippen LogP contribution in [0.15, 0.2) is 36.4 Å². The molecule has 0 fully saturated rings. The number of sulfonamides is 1. The van der Waals surface area contributed by atoms with Crippen molar-refractivity contribution in [3.63, 3.8) is 0 Å². The molecule has 1 N–H and O–H groups in total. The maximum atomic E-state index is 12.5. The maximum Gasteiger partial charge on any atom is 0.257 e. The van der Waals surface area contributed by atoms with Crippen LogP contribution < -0.4 is 9.62 Å². The van der Waals surface area contributed by atoms with Crippen LogP contribution in [0.25, 0.3) is 0 Å². The van der Waals surface area contributed by atoms with Crippen molar-refractivity contribution in [1.82, 2.24) is 0 Å².